The molecule has 2 aromatic rings. The van der Waals surface area contributed by atoms with Crippen molar-refractivity contribution in [2.75, 3.05) is 11.9 Å². The molecule has 2 N–H and O–H groups in total. The van der Waals surface area contributed by atoms with Gasteiger partial charge in [-0.1, -0.05) is 0 Å². The van der Waals surface area contributed by atoms with Gasteiger partial charge in [-0.2, -0.15) is 18.3 Å². The zero-order valence-corrected chi connectivity index (χ0v) is 13.8. The molecular weight excluding hydrogens is 343 g/mol. The summed E-state index contributed by atoms with van der Waals surface area (Å²) in [5.41, 5.74) is -0.392. The van der Waals surface area contributed by atoms with Crippen LogP contribution in [0.3, 0.4) is 0 Å². The van der Waals surface area contributed by atoms with E-state index in [-0.39, 0.29) is 13.0 Å². The van der Waals surface area contributed by atoms with Crippen molar-refractivity contribution in [3.63, 3.8) is 0 Å². The van der Waals surface area contributed by atoms with E-state index < -0.39 is 23.7 Å². The molecule has 6 nitrogen and oxygen atoms in total. The molecule has 1 fully saturated rings. The molecule has 3 heterocycles. The molecule has 1 aliphatic rings. The standard InChI is InChI=1S/C14H16F3N5OS/c1-13(2)9(14(15,16)17)3-5-22(13)12(23)20-8-7-19-21-10(8)11-18-4-6-24-11/h4,6-7,9H,3,5H2,1-2H3,(H,19,21)(H,20,23). The van der Waals surface area contributed by atoms with E-state index in [1.807, 2.05) is 0 Å². The van der Waals surface area contributed by atoms with Crippen LogP contribution in [0.4, 0.5) is 23.7 Å². The summed E-state index contributed by atoms with van der Waals surface area (Å²) >= 11 is 1.36. The summed E-state index contributed by atoms with van der Waals surface area (Å²) in [6.45, 7) is 2.93. The Morgan fingerprint density at radius 1 is 1.50 bits per heavy atom. The maximum Gasteiger partial charge on any atom is 0.394 e. The van der Waals surface area contributed by atoms with Crippen molar-refractivity contribution in [3.8, 4) is 10.7 Å². The van der Waals surface area contributed by atoms with Crippen molar-refractivity contribution in [1.82, 2.24) is 20.1 Å². The number of nitrogens with one attached hydrogen (secondary N) is 2. The van der Waals surface area contributed by atoms with E-state index in [1.165, 1.54) is 36.3 Å². The Morgan fingerprint density at radius 3 is 2.83 bits per heavy atom. The average molecular weight is 359 g/mol. The highest BCUT2D eigenvalue weighted by Gasteiger charge is 2.56. The van der Waals surface area contributed by atoms with E-state index in [4.69, 9.17) is 0 Å². The largest absolute Gasteiger partial charge is 0.394 e. The first-order chi connectivity index (χ1) is 11.2. The quantitative estimate of drug-likeness (QED) is 0.858. The van der Waals surface area contributed by atoms with Crippen LogP contribution in [0.15, 0.2) is 17.8 Å². The lowest BCUT2D eigenvalue weighted by molar-refractivity contribution is -0.189. The minimum Gasteiger partial charge on any atom is -0.319 e. The zero-order chi connectivity index (χ0) is 17.5. The van der Waals surface area contributed by atoms with Crippen LogP contribution in [0.25, 0.3) is 10.7 Å². The molecule has 0 radical (unpaired) electrons. The SMILES string of the molecule is CC1(C)C(C(F)(F)F)CCN1C(=O)Nc1cn[nH]c1-c1nccs1. The summed E-state index contributed by atoms with van der Waals surface area (Å²) in [4.78, 5) is 17.9. The van der Waals surface area contributed by atoms with Crippen molar-refractivity contribution in [2.24, 2.45) is 5.92 Å². The van der Waals surface area contributed by atoms with E-state index in [1.54, 1.807) is 11.6 Å². The second kappa shape index (κ2) is 5.76. The minimum atomic E-state index is -4.33. The van der Waals surface area contributed by atoms with E-state index in [2.05, 4.69) is 20.5 Å². The maximum atomic E-state index is 13.1. The third kappa shape index (κ3) is 2.85. The first-order valence-corrected chi connectivity index (χ1v) is 8.18. The smallest absolute Gasteiger partial charge is 0.319 e. The number of alkyl halides is 3. The third-order valence-electron chi connectivity index (χ3n) is 4.36. The molecule has 0 spiro atoms. The summed E-state index contributed by atoms with van der Waals surface area (Å²) in [6, 6.07) is -0.578. The van der Waals surface area contributed by atoms with E-state index >= 15 is 0 Å². The molecule has 0 aromatic carbocycles. The Morgan fingerprint density at radius 2 is 2.25 bits per heavy atom. The Balaban J connectivity index is 1.79. The number of carbonyl (C=O) groups excluding carboxylic acids is 1. The molecule has 0 saturated carbocycles. The van der Waals surface area contributed by atoms with Crippen molar-refractivity contribution in [1.29, 1.82) is 0 Å². The highest BCUT2D eigenvalue weighted by atomic mass is 32.1. The predicted molar refractivity (Wildman–Crippen MR) is 83.7 cm³/mol. The normalized spacial score (nSPS) is 20.4. The Labute approximate surface area is 140 Å². The predicted octanol–water partition coefficient (Wildman–Crippen LogP) is 3.73. The summed E-state index contributed by atoms with van der Waals surface area (Å²) in [5.74, 6) is -1.54. The summed E-state index contributed by atoms with van der Waals surface area (Å²) < 4.78 is 39.4. The number of nitrogens with zero attached hydrogens (tertiary/aromatic N) is 3. The van der Waals surface area contributed by atoms with Gasteiger partial charge < -0.3 is 10.2 Å². The van der Waals surface area contributed by atoms with Gasteiger partial charge in [0.2, 0.25) is 0 Å². The van der Waals surface area contributed by atoms with Crippen molar-refractivity contribution in [3.05, 3.63) is 17.8 Å². The Bertz CT molecular complexity index is 725. The topological polar surface area (TPSA) is 73.9 Å². The van der Waals surface area contributed by atoms with Gasteiger partial charge in [-0.05, 0) is 20.3 Å². The number of H-pyrrole nitrogens is 1. The van der Waals surface area contributed by atoms with Crippen molar-refractivity contribution < 1.29 is 18.0 Å². The van der Waals surface area contributed by atoms with Crippen LogP contribution in [-0.2, 0) is 0 Å². The van der Waals surface area contributed by atoms with Gasteiger partial charge in [0.15, 0.2) is 0 Å². The fourth-order valence-electron chi connectivity index (χ4n) is 3.09. The van der Waals surface area contributed by atoms with E-state index in [9.17, 15) is 18.0 Å². The number of thiazole rings is 1. The van der Waals surface area contributed by atoms with E-state index in [0.29, 0.717) is 16.4 Å². The number of likely N-dealkylation sites (tertiary alicyclic amines) is 1. The summed E-state index contributed by atoms with van der Waals surface area (Å²) in [6.07, 6.45) is -1.41. The molecule has 0 bridgehead atoms. The highest BCUT2D eigenvalue weighted by molar-refractivity contribution is 7.13. The highest BCUT2D eigenvalue weighted by Crippen LogP contribution is 2.45. The molecule has 2 aromatic heterocycles. The van der Waals surface area contributed by atoms with Crippen LogP contribution >= 0.6 is 11.3 Å². The van der Waals surface area contributed by atoms with Crippen LogP contribution in [-0.4, -0.2) is 44.4 Å². The summed E-state index contributed by atoms with van der Waals surface area (Å²) in [7, 11) is 0. The average Bonchev–Trinajstić information content (AvgIpc) is 3.15. The number of hydrogen-bond donors (Lipinski definition) is 2. The zero-order valence-electron chi connectivity index (χ0n) is 13.0. The van der Waals surface area contributed by atoms with Gasteiger partial charge in [-0.25, -0.2) is 9.78 Å². The van der Waals surface area contributed by atoms with Gasteiger partial charge in [0.05, 0.1) is 23.3 Å². The second-order valence-corrected chi connectivity index (χ2v) is 7.01. The molecule has 130 valence electrons. The maximum absolute atomic E-state index is 13.1. The number of anilines is 1. The molecule has 24 heavy (non-hydrogen) atoms. The molecule has 1 saturated heterocycles. The summed E-state index contributed by atoms with van der Waals surface area (Å²) in [5, 5.41) is 11.7. The molecule has 3 rings (SSSR count). The lowest BCUT2D eigenvalue weighted by Crippen LogP contribution is -2.51. The number of rotatable bonds is 2. The molecule has 2 amide bonds. The Kier molecular flexibility index (Phi) is 4.02. The number of hydrogen-bond acceptors (Lipinski definition) is 4. The van der Waals surface area contributed by atoms with Gasteiger partial charge >= 0.3 is 12.2 Å². The van der Waals surface area contributed by atoms with Crippen LogP contribution < -0.4 is 5.32 Å². The molecule has 1 aliphatic heterocycles. The lowest BCUT2D eigenvalue weighted by atomic mass is 9.88. The lowest BCUT2D eigenvalue weighted by Gasteiger charge is -2.36. The van der Waals surface area contributed by atoms with Crippen LogP contribution in [0.2, 0.25) is 0 Å². The fourth-order valence-corrected chi connectivity index (χ4v) is 3.73. The second-order valence-electron chi connectivity index (χ2n) is 6.11. The van der Waals surface area contributed by atoms with Gasteiger partial charge in [0.1, 0.15) is 10.7 Å². The van der Waals surface area contributed by atoms with Gasteiger partial charge in [-0.3, -0.25) is 5.10 Å². The number of aromatic amines is 1. The van der Waals surface area contributed by atoms with Gasteiger partial charge in [0, 0.05) is 18.1 Å². The van der Waals surface area contributed by atoms with Crippen molar-refractivity contribution in [2.45, 2.75) is 32.0 Å². The molecule has 1 unspecified atom stereocenters. The van der Waals surface area contributed by atoms with Crippen LogP contribution in [0.5, 0.6) is 0 Å². The van der Waals surface area contributed by atoms with E-state index in [0.717, 1.165) is 0 Å². The monoisotopic (exact) mass is 359 g/mol. The first-order valence-electron chi connectivity index (χ1n) is 7.30. The number of carbonyl (C=O) groups is 1. The van der Waals surface area contributed by atoms with Crippen molar-refractivity contribution >= 4 is 23.1 Å². The minimum absolute atomic E-state index is 0.0491. The molecular formula is C14H16F3N5OS. The number of halogens is 3. The molecule has 10 heteroatoms. The fraction of sp³-hybridized carbons (Fsp3) is 0.500. The number of aromatic nitrogens is 3. The number of urea groups is 1. The van der Waals surface area contributed by atoms with Gasteiger partial charge in [-0.15, -0.1) is 11.3 Å². The van der Waals surface area contributed by atoms with Gasteiger partial charge in [0.25, 0.3) is 0 Å². The number of amides is 2. The first kappa shape index (κ1) is 16.7. The van der Waals surface area contributed by atoms with Crippen LogP contribution in [0.1, 0.15) is 20.3 Å². The Hall–Kier alpha value is -2.10. The third-order valence-corrected chi connectivity index (χ3v) is 5.15. The van der Waals surface area contributed by atoms with Crippen LogP contribution in [0, 0.1) is 5.92 Å². The molecule has 1 atom stereocenters. The molecule has 0 aliphatic carbocycles.